The predicted molar refractivity (Wildman–Crippen MR) is 103 cm³/mol. The van der Waals surface area contributed by atoms with Crippen LogP contribution in [0.4, 0.5) is 10.6 Å². The summed E-state index contributed by atoms with van der Waals surface area (Å²) in [6.45, 7) is 6.27. The van der Waals surface area contributed by atoms with E-state index in [2.05, 4.69) is 28.4 Å². The summed E-state index contributed by atoms with van der Waals surface area (Å²) in [6, 6.07) is 3.92. The van der Waals surface area contributed by atoms with E-state index in [9.17, 15) is 4.79 Å². The van der Waals surface area contributed by atoms with Gasteiger partial charge in [0, 0.05) is 44.0 Å². The maximum Gasteiger partial charge on any atom is 0.317 e. The van der Waals surface area contributed by atoms with Crippen LogP contribution in [0.1, 0.15) is 26.2 Å². The molecule has 25 heavy (non-hydrogen) atoms. The summed E-state index contributed by atoms with van der Waals surface area (Å²) >= 11 is 1.76. The molecular weight excluding hydrogens is 336 g/mol. The van der Waals surface area contributed by atoms with Crippen molar-refractivity contribution in [2.75, 3.05) is 43.9 Å². The van der Waals surface area contributed by atoms with E-state index >= 15 is 0 Å². The first kappa shape index (κ1) is 18.2. The summed E-state index contributed by atoms with van der Waals surface area (Å²) in [5.41, 5.74) is 0. The first-order valence-electron chi connectivity index (χ1n) is 9.09. The minimum atomic E-state index is 0.0120. The summed E-state index contributed by atoms with van der Waals surface area (Å²) in [6.07, 6.45) is 7.20. The molecule has 0 bridgehead atoms. The Morgan fingerprint density at radius 1 is 1.44 bits per heavy atom. The Balaban J connectivity index is 1.54. The third kappa shape index (κ3) is 4.71. The highest BCUT2D eigenvalue weighted by atomic mass is 32.2. The third-order valence-electron chi connectivity index (χ3n) is 4.83. The number of likely N-dealkylation sites (tertiary alicyclic amines) is 1. The van der Waals surface area contributed by atoms with E-state index in [0.29, 0.717) is 18.3 Å². The molecule has 138 valence electrons. The van der Waals surface area contributed by atoms with E-state index in [1.807, 2.05) is 23.2 Å². The lowest BCUT2D eigenvalue weighted by atomic mass is 10.3. The number of nitrogens with one attached hydrogen (secondary N) is 1. The second kappa shape index (κ2) is 8.65. The minimum Gasteiger partial charge on any atom is -0.485 e. The smallest absolute Gasteiger partial charge is 0.317 e. The summed E-state index contributed by atoms with van der Waals surface area (Å²) < 4.78 is 6.22. The Labute approximate surface area is 154 Å². The van der Waals surface area contributed by atoms with Gasteiger partial charge in [0.05, 0.1) is 6.54 Å². The molecule has 3 heterocycles. The van der Waals surface area contributed by atoms with Crippen LogP contribution in [0.5, 0.6) is 5.75 Å². The van der Waals surface area contributed by atoms with Gasteiger partial charge in [-0.1, -0.05) is 6.92 Å². The van der Waals surface area contributed by atoms with Crippen molar-refractivity contribution < 1.29 is 9.53 Å². The van der Waals surface area contributed by atoms with Crippen molar-refractivity contribution in [1.82, 2.24) is 15.2 Å². The molecule has 0 spiro atoms. The molecule has 7 heteroatoms. The molecule has 0 radical (unpaired) electrons. The average molecular weight is 365 g/mol. The van der Waals surface area contributed by atoms with Crippen LogP contribution in [0.25, 0.3) is 0 Å². The zero-order valence-corrected chi connectivity index (χ0v) is 15.9. The van der Waals surface area contributed by atoms with Gasteiger partial charge in [0.2, 0.25) is 0 Å². The van der Waals surface area contributed by atoms with Gasteiger partial charge in [0.1, 0.15) is 6.10 Å². The molecule has 1 N–H and O–H groups in total. The molecule has 0 unspecified atom stereocenters. The van der Waals surface area contributed by atoms with E-state index in [-0.39, 0.29) is 12.1 Å². The summed E-state index contributed by atoms with van der Waals surface area (Å²) in [5.74, 6) is 1.78. The first-order chi connectivity index (χ1) is 12.2. The molecule has 1 aromatic rings. The van der Waals surface area contributed by atoms with Crippen LogP contribution < -0.4 is 15.0 Å². The molecule has 0 aromatic carbocycles. The van der Waals surface area contributed by atoms with Crippen molar-refractivity contribution in [3.63, 3.8) is 0 Å². The molecule has 1 aromatic heterocycles. The number of rotatable bonds is 6. The number of ether oxygens (including phenoxy) is 1. The third-order valence-corrected chi connectivity index (χ3v) is 5.80. The Morgan fingerprint density at radius 3 is 3.00 bits per heavy atom. The van der Waals surface area contributed by atoms with E-state index in [1.165, 1.54) is 12.8 Å². The molecule has 2 amide bonds. The summed E-state index contributed by atoms with van der Waals surface area (Å²) in [5, 5.41) is 3.43. The van der Waals surface area contributed by atoms with Gasteiger partial charge in [0.15, 0.2) is 11.6 Å². The van der Waals surface area contributed by atoms with Gasteiger partial charge in [-0.3, -0.25) is 0 Å². The number of aromatic nitrogens is 1. The molecule has 2 fully saturated rings. The highest BCUT2D eigenvalue weighted by Crippen LogP contribution is 2.30. The minimum absolute atomic E-state index is 0.0120. The average Bonchev–Trinajstić information content (AvgIpc) is 3.32. The van der Waals surface area contributed by atoms with Gasteiger partial charge in [-0.2, -0.15) is 11.8 Å². The number of carbonyl (C=O) groups is 1. The van der Waals surface area contributed by atoms with Crippen molar-refractivity contribution in [3.05, 3.63) is 18.3 Å². The maximum atomic E-state index is 12.3. The predicted octanol–water partition coefficient (Wildman–Crippen LogP) is 2.60. The molecule has 6 nitrogen and oxygen atoms in total. The molecular formula is C18H28N4O2S. The maximum absolute atomic E-state index is 12.3. The number of anilines is 1. The number of hydrogen-bond donors (Lipinski definition) is 1. The van der Waals surface area contributed by atoms with Gasteiger partial charge >= 0.3 is 6.03 Å². The van der Waals surface area contributed by atoms with Crippen LogP contribution in [-0.2, 0) is 0 Å². The largest absolute Gasteiger partial charge is 0.485 e. The number of nitrogens with zero attached hydrogens (tertiary/aromatic N) is 3. The second-order valence-electron chi connectivity index (χ2n) is 6.73. The van der Waals surface area contributed by atoms with Crippen LogP contribution in [-0.4, -0.2) is 66.2 Å². The SMILES string of the molecule is CS[C@H](C)CNC(=O)N1CC[C@@H](Oc2cccnc2N2CCCC2)C1. The molecule has 2 aliphatic heterocycles. The molecule has 0 saturated carbocycles. The number of pyridine rings is 1. The van der Waals surface area contributed by atoms with Crippen LogP contribution in [0.2, 0.25) is 0 Å². The van der Waals surface area contributed by atoms with E-state index in [4.69, 9.17) is 4.74 Å². The highest BCUT2D eigenvalue weighted by molar-refractivity contribution is 7.99. The van der Waals surface area contributed by atoms with Crippen molar-refractivity contribution in [2.24, 2.45) is 0 Å². The van der Waals surface area contributed by atoms with Crippen LogP contribution in [0, 0.1) is 0 Å². The van der Waals surface area contributed by atoms with Gasteiger partial charge in [0.25, 0.3) is 0 Å². The molecule has 0 aliphatic carbocycles. The standard InChI is InChI=1S/C18H28N4O2S/c1-14(25-2)12-20-18(23)22-11-7-15(13-22)24-16-6-5-8-19-17(16)21-9-3-4-10-21/h5-6,8,14-15H,3-4,7,9-13H2,1-2H3,(H,20,23)/t14-,15-/m1/s1. The van der Waals surface area contributed by atoms with Crippen LogP contribution in [0.3, 0.4) is 0 Å². The van der Waals surface area contributed by atoms with Gasteiger partial charge in [-0.15, -0.1) is 0 Å². The molecule has 2 saturated heterocycles. The van der Waals surface area contributed by atoms with Gasteiger partial charge in [-0.05, 0) is 31.2 Å². The van der Waals surface area contributed by atoms with Crippen molar-refractivity contribution in [2.45, 2.75) is 37.5 Å². The number of hydrogen-bond acceptors (Lipinski definition) is 5. The zero-order chi connectivity index (χ0) is 17.6. The van der Waals surface area contributed by atoms with E-state index in [0.717, 1.165) is 37.6 Å². The van der Waals surface area contributed by atoms with Gasteiger partial charge < -0.3 is 19.9 Å². The van der Waals surface area contributed by atoms with E-state index in [1.54, 1.807) is 11.8 Å². The fraction of sp³-hybridized carbons (Fsp3) is 0.667. The summed E-state index contributed by atoms with van der Waals surface area (Å²) in [7, 11) is 0. The van der Waals surface area contributed by atoms with Crippen molar-refractivity contribution >= 4 is 23.6 Å². The fourth-order valence-corrected chi connectivity index (χ4v) is 3.51. The Bertz CT molecular complexity index is 580. The fourth-order valence-electron chi connectivity index (χ4n) is 3.26. The highest BCUT2D eigenvalue weighted by Gasteiger charge is 2.29. The normalized spacial score (nSPS) is 21.4. The first-order valence-corrected chi connectivity index (χ1v) is 10.4. The lowest BCUT2D eigenvalue weighted by Gasteiger charge is -2.22. The second-order valence-corrected chi connectivity index (χ2v) is 8.00. The number of thioether (sulfide) groups is 1. The monoisotopic (exact) mass is 364 g/mol. The molecule has 2 atom stereocenters. The van der Waals surface area contributed by atoms with E-state index < -0.39 is 0 Å². The zero-order valence-electron chi connectivity index (χ0n) is 15.1. The van der Waals surface area contributed by atoms with Crippen molar-refractivity contribution in [3.8, 4) is 5.75 Å². The lowest BCUT2D eigenvalue weighted by Crippen LogP contribution is -2.41. The number of carbonyl (C=O) groups excluding carboxylic acids is 1. The van der Waals surface area contributed by atoms with Crippen molar-refractivity contribution in [1.29, 1.82) is 0 Å². The molecule has 2 aliphatic rings. The summed E-state index contributed by atoms with van der Waals surface area (Å²) in [4.78, 5) is 20.9. The Morgan fingerprint density at radius 2 is 2.24 bits per heavy atom. The number of amides is 2. The Hall–Kier alpha value is -1.63. The van der Waals surface area contributed by atoms with Crippen LogP contribution >= 0.6 is 11.8 Å². The van der Waals surface area contributed by atoms with Crippen LogP contribution in [0.15, 0.2) is 18.3 Å². The quantitative estimate of drug-likeness (QED) is 0.841. The Kier molecular flexibility index (Phi) is 6.29. The number of urea groups is 1. The van der Waals surface area contributed by atoms with Gasteiger partial charge in [-0.25, -0.2) is 9.78 Å². The lowest BCUT2D eigenvalue weighted by molar-refractivity contribution is 0.187. The topological polar surface area (TPSA) is 57.7 Å². The molecule has 3 rings (SSSR count).